The van der Waals surface area contributed by atoms with Crippen molar-refractivity contribution in [2.75, 3.05) is 54.4 Å². The lowest BCUT2D eigenvalue weighted by atomic mass is 10.0. The molecule has 1 aromatic carbocycles. The highest BCUT2D eigenvalue weighted by atomic mass is 19.4. The Hall–Kier alpha value is -4.28. The minimum atomic E-state index is -4.56. The van der Waals surface area contributed by atoms with E-state index in [0.29, 0.717) is 57.9 Å². The molecule has 4 heterocycles. The summed E-state index contributed by atoms with van der Waals surface area (Å²) >= 11 is 0. The number of nitriles is 1. The average Bonchev–Trinajstić information content (AvgIpc) is 3.02. The van der Waals surface area contributed by atoms with Crippen LogP contribution in [0.2, 0.25) is 0 Å². The third-order valence-corrected chi connectivity index (χ3v) is 7.72. The van der Waals surface area contributed by atoms with Gasteiger partial charge in [-0.25, -0.2) is 9.98 Å². The zero-order valence-corrected chi connectivity index (χ0v) is 23.3. The number of rotatable bonds is 4. The molecule has 0 saturated carbocycles. The first kappa shape index (κ1) is 31.7. The number of anilines is 3. The number of hydrogen-bond donors (Lipinski definition) is 1. The Morgan fingerprint density at radius 1 is 0.860 bits per heavy atom. The molecule has 0 amide bonds. The lowest BCUT2D eigenvalue weighted by Gasteiger charge is -2.38. The third-order valence-electron chi connectivity index (χ3n) is 7.72. The van der Waals surface area contributed by atoms with Crippen molar-refractivity contribution in [3.8, 4) is 6.07 Å². The molecule has 230 valence electrons. The highest BCUT2D eigenvalue weighted by Gasteiger charge is 2.36. The topological polar surface area (TPSA) is 87.9 Å². The highest BCUT2D eigenvalue weighted by molar-refractivity contribution is 5.84. The molecular formula is C29H31F6N7O. The van der Waals surface area contributed by atoms with Gasteiger partial charge in [-0.15, -0.1) is 0 Å². The predicted octanol–water partition coefficient (Wildman–Crippen LogP) is 5.63. The number of carbonyl (C=O) groups is 1. The summed E-state index contributed by atoms with van der Waals surface area (Å²) < 4.78 is 79.3. The number of benzene rings is 1. The van der Waals surface area contributed by atoms with Crippen LogP contribution < -0.4 is 15.1 Å². The average molecular weight is 608 g/mol. The Morgan fingerprint density at radius 2 is 1.53 bits per heavy atom. The summed E-state index contributed by atoms with van der Waals surface area (Å²) in [5.74, 6) is 1.49. The third kappa shape index (κ3) is 7.77. The normalized spacial score (nSPS) is 18.2. The van der Waals surface area contributed by atoms with Gasteiger partial charge in [-0.3, -0.25) is 0 Å². The van der Waals surface area contributed by atoms with E-state index in [1.807, 2.05) is 23.8 Å². The van der Waals surface area contributed by atoms with E-state index < -0.39 is 23.5 Å². The zero-order valence-electron chi connectivity index (χ0n) is 23.3. The number of aromatic nitrogens is 1. The molecule has 0 spiro atoms. The largest absolute Gasteiger partial charge is 0.418 e. The molecule has 14 heteroatoms. The van der Waals surface area contributed by atoms with Gasteiger partial charge in [0.05, 0.1) is 22.8 Å². The summed E-state index contributed by atoms with van der Waals surface area (Å²) in [6, 6.07) is 9.11. The van der Waals surface area contributed by atoms with Gasteiger partial charge in [0.15, 0.2) is 0 Å². The molecule has 2 fully saturated rings. The second-order valence-corrected chi connectivity index (χ2v) is 10.3. The number of hydrogen-bond acceptors (Lipinski definition) is 8. The van der Waals surface area contributed by atoms with E-state index in [9.17, 15) is 26.3 Å². The lowest BCUT2D eigenvalue weighted by molar-refractivity contribution is -0.137. The molecule has 0 unspecified atom stereocenters. The number of nitrogens with zero attached hydrogens (tertiary/aromatic N) is 6. The molecule has 1 aromatic heterocycles. The predicted molar refractivity (Wildman–Crippen MR) is 151 cm³/mol. The summed E-state index contributed by atoms with van der Waals surface area (Å²) in [4.78, 5) is 23.0. The molecule has 43 heavy (non-hydrogen) atoms. The summed E-state index contributed by atoms with van der Waals surface area (Å²) in [5, 5.41) is 12.0. The molecule has 0 bridgehead atoms. The highest BCUT2D eigenvalue weighted by Crippen LogP contribution is 2.37. The first-order valence-electron chi connectivity index (χ1n) is 13.7. The number of piperidine rings is 1. The molecule has 2 aromatic rings. The maximum atomic E-state index is 13.5. The molecule has 3 aliphatic heterocycles. The molecule has 0 aliphatic carbocycles. The van der Waals surface area contributed by atoms with E-state index in [1.54, 1.807) is 12.3 Å². The van der Waals surface area contributed by atoms with Crippen LogP contribution in [0.5, 0.6) is 0 Å². The van der Waals surface area contributed by atoms with Crippen LogP contribution in [0.15, 0.2) is 53.3 Å². The number of aliphatic imine (C=N–C) groups is 1. The number of pyridine rings is 1. The van der Waals surface area contributed by atoms with Crippen LogP contribution in [0.3, 0.4) is 0 Å². The fourth-order valence-corrected chi connectivity index (χ4v) is 5.43. The number of halogens is 6. The van der Waals surface area contributed by atoms with E-state index >= 15 is 0 Å². The van der Waals surface area contributed by atoms with Gasteiger partial charge in [0.2, 0.25) is 0 Å². The Balaban J connectivity index is 0.00000207. The maximum absolute atomic E-state index is 13.5. The number of amidine groups is 1. The van der Waals surface area contributed by atoms with Gasteiger partial charge in [0, 0.05) is 81.6 Å². The van der Waals surface area contributed by atoms with Crippen LogP contribution >= 0.6 is 0 Å². The minimum Gasteiger partial charge on any atom is -0.382 e. The second-order valence-electron chi connectivity index (χ2n) is 10.3. The van der Waals surface area contributed by atoms with Crippen molar-refractivity contribution in [1.82, 2.24) is 9.88 Å². The monoisotopic (exact) mass is 607 g/mol. The maximum Gasteiger partial charge on any atom is 0.418 e. The fraction of sp³-hybridized carbons (Fsp3) is 0.448. The summed E-state index contributed by atoms with van der Waals surface area (Å²) in [6.07, 6.45) is -4.73. The minimum absolute atomic E-state index is 0.0173. The quantitative estimate of drug-likeness (QED) is 0.451. The molecule has 5 rings (SSSR count). The van der Waals surface area contributed by atoms with Gasteiger partial charge in [-0.2, -0.15) is 31.6 Å². The Labute approximate surface area is 245 Å². The smallest absolute Gasteiger partial charge is 0.382 e. The van der Waals surface area contributed by atoms with Crippen molar-refractivity contribution in [1.29, 1.82) is 5.26 Å². The Morgan fingerprint density at radius 3 is 2.12 bits per heavy atom. The van der Waals surface area contributed by atoms with Crippen molar-refractivity contribution in [2.24, 2.45) is 4.99 Å². The van der Waals surface area contributed by atoms with Crippen LogP contribution in [-0.2, 0) is 11.0 Å². The molecule has 8 nitrogen and oxygen atoms in total. The Bertz CT molecular complexity index is 1370. The van der Waals surface area contributed by atoms with Crippen LogP contribution in [-0.4, -0.2) is 74.0 Å². The number of allylic oxidation sites excluding steroid dienone is 1. The molecule has 3 aliphatic rings. The lowest BCUT2D eigenvalue weighted by Crippen LogP contribution is -2.49. The van der Waals surface area contributed by atoms with Crippen LogP contribution in [0.25, 0.3) is 0 Å². The van der Waals surface area contributed by atoms with Gasteiger partial charge in [0.25, 0.3) is 0 Å². The van der Waals surface area contributed by atoms with Gasteiger partial charge in [0.1, 0.15) is 18.4 Å². The van der Waals surface area contributed by atoms with E-state index in [2.05, 4.69) is 25.1 Å². The van der Waals surface area contributed by atoms with Crippen molar-refractivity contribution < 1.29 is 31.1 Å². The number of alkyl halides is 6. The number of piperazine rings is 1. The summed E-state index contributed by atoms with van der Waals surface area (Å²) in [7, 11) is 0. The van der Waals surface area contributed by atoms with Crippen molar-refractivity contribution in [3.05, 3.63) is 59.4 Å². The van der Waals surface area contributed by atoms with Gasteiger partial charge in [-0.05, 0) is 43.5 Å². The summed E-state index contributed by atoms with van der Waals surface area (Å²) in [5.41, 5.74) is -0.507. The van der Waals surface area contributed by atoms with Crippen LogP contribution in [0.1, 0.15) is 36.8 Å². The first-order valence-corrected chi connectivity index (χ1v) is 13.7. The van der Waals surface area contributed by atoms with Gasteiger partial charge in [-0.1, -0.05) is 0 Å². The molecular weight excluding hydrogens is 576 g/mol. The van der Waals surface area contributed by atoms with Crippen molar-refractivity contribution in [3.63, 3.8) is 0 Å². The van der Waals surface area contributed by atoms with E-state index in [1.165, 1.54) is 12.1 Å². The van der Waals surface area contributed by atoms with Gasteiger partial charge >= 0.3 is 12.4 Å². The van der Waals surface area contributed by atoms with Crippen LogP contribution in [0.4, 0.5) is 43.5 Å². The van der Waals surface area contributed by atoms with E-state index in [-0.39, 0.29) is 30.1 Å². The summed E-state index contributed by atoms with van der Waals surface area (Å²) in [6.45, 7) is 5.88. The fourth-order valence-electron chi connectivity index (χ4n) is 5.43. The van der Waals surface area contributed by atoms with E-state index in [0.717, 1.165) is 23.8 Å². The number of nitrogens with one attached hydrogen (secondary N) is 1. The van der Waals surface area contributed by atoms with Crippen molar-refractivity contribution >= 4 is 29.8 Å². The molecule has 2 saturated heterocycles. The standard InChI is InChI=1S/C28H29F6N7.CH2O/c29-27(30,31)20-2-4-25(37-18-20)40-11-13-41(14-12-40)26-16-22(5-8-36-26)39-9-6-21(7-10-39)38-24-3-1-19(17-35)15-23(24)28(32,33)34;1-2/h1,3,5,8,15-16,18,21,38H,2,4,6-7,9-14H2;1H2. The zero-order chi connectivity index (χ0) is 31.2. The van der Waals surface area contributed by atoms with Crippen molar-refractivity contribution in [2.45, 2.75) is 44.1 Å². The van der Waals surface area contributed by atoms with Crippen LogP contribution in [0, 0.1) is 11.3 Å². The number of carbonyl (C=O) groups excluding carboxylic acids is 1. The SMILES string of the molecule is C=O.N#Cc1ccc(NC2CCN(c3ccnc(N4CCN(C5=NC=C(C(F)(F)F)CC5)CC4)c3)CC2)c(C(F)(F)F)c1. The Kier molecular flexibility index (Phi) is 9.83. The van der Waals surface area contributed by atoms with Gasteiger partial charge < -0.3 is 24.8 Å². The van der Waals surface area contributed by atoms with E-state index in [4.69, 9.17) is 10.1 Å². The first-order chi connectivity index (χ1) is 20.5. The second kappa shape index (κ2) is 13.4. The molecule has 1 N–H and O–H groups in total. The molecule has 0 radical (unpaired) electrons. The molecule has 0 atom stereocenters.